The number of nitrogens with zero attached hydrogens (tertiary/aromatic N) is 4. The predicted octanol–water partition coefficient (Wildman–Crippen LogP) is 4.23. The number of hydrogen-bond donors (Lipinski definition) is 1. The van der Waals surface area contributed by atoms with Gasteiger partial charge in [-0.3, -0.25) is 0 Å². The Labute approximate surface area is 174 Å². The van der Waals surface area contributed by atoms with Crippen molar-refractivity contribution in [2.45, 2.75) is 32.6 Å². The second kappa shape index (κ2) is 7.63. The van der Waals surface area contributed by atoms with Gasteiger partial charge < -0.3 is 15.1 Å². The van der Waals surface area contributed by atoms with Crippen molar-refractivity contribution in [3.05, 3.63) is 46.6 Å². The lowest BCUT2D eigenvalue weighted by Gasteiger charge is -2.35. The van der Waals surface area contributed by atoms with Gasteiger partial charge in [-0.2, -0.15) is 0 Å². The summed E-state index contributed by atoms with van der Waals surface area (Å²) in [6, 6.07) is 9.59. The molecule has 1 aliphatic heterocycles. The fourth-order valence-corrected chi connectivity index (χ4v) is 5.62. The SMILES string of the molecule is Cc1nc(N2CCN(C(=O)Nc3ccccc3)CC2)c2c3c(sc2n1)CCCC3. The Kier molecular flexibility index (Phi) is 4.83. The Hall–Kier alpha value is -2.67. The standard InChI is InChI=1S/C22H25N5OS/c1-15-23-20(19-17-9-5-6-10-18(17)29-21(19)24-15)26-11-13-27(14-12-26)22(28)25-16-7-3-2-4-8-16/h2-4,7-8H,5-6,9-14H2,1H3,(H,25,28). The second-order valence-electron chi connectivity index (χ2n) is 7.76. The normalized spacial score (nSPS) is 16.7. The van der Waals surface area contributed by atoms with Gasteiger partial charge in [0.05, 0.1) is 5.39 Å². The molecule has 7 heteroatoms. The quantitative estimate of drug-likeness (QED) is 0.690. The van der Waals surface area contributed by atoms with Crippen molar-refractivity contribution in [2.24, 2.45) is 0 Å². The smallest absolute Gasteiger partial charge is 0.321 e. The van der Waals surface area contributed by atoms with Gasteiger partial charge in [-0.25, -0.2) is 14.8 Å². The Morgan fingerprint density at radius 2 is 1.79 bits per heavy atom. The highest BCUT2D eigenvalue weighted by atomic mass is 32.1. The van der Waals surface area contributed by atoms with Crippen LogP contribution in [0.2, 0.25) is 0 Å². The molecule has 29 heavy (non-hydrogen) atoms. The average molecular weight is 408 g/mol. The maximum atomic E-state index is 12.6. The van der Waals surface area contributed by atoms with E-state index in [1.54, 1.807) is 0 Å². The summed E-state index contributed by atoms with van der Waals surface area (Å²) in [7, 11) is 0. The molecular weight excluding hydrogens is 382 g/mol. The van der Waals surface area contributed by atoms with E-state index in [4.69, 9.17) is 9.97 Å². The molecule has 0 spiro atoms. The van der Waals surface area contributed by atoms with Gasteiger partial charge in [0.2, 0.25) is 0 Å². The number of thiophene rings is 1. The molecule has 2 aliphatic rings. The molecule has 1 aliphatic carbocycles. The molecule has 1 aromatic carbocycles. The van der Waals surface area contributed by atoms with Crippen molar-refractivity contribution in [2.75, 3.05) is 36.4 Å². The third-order valence-electron chi connectivity index (χ3n) is 5.80. The first-order valence-electron chi connectivity index (χ1n) is 10.3. The summed E-state index contributed by atoms with van der Waals surface area (Å²) in [5, 5.41) is 4.25. The molecule has 1 N–H and O–H groups in total. The van der Waals surface area contributed by atoms with E-state index in [-0.39, 0.29) is 6.03 Å². The fraction of sp³-hybridized carbons (Fsp3) is 0.409. The van der Waals surface area contributed by atoms with Crippen LogP contribution in [0.1, 0.15) is 29.1 Å². The number of para-hydroxylation sites is 1. The van der Waals surface area contributed by atoms with E-state index in [1.807, 2.05) is 53.5 Å². The van der Waals surface area contributed by atoms with E-state index in [0.717, 1.165) is 41.7 Å². The van der Waals surface area contributed by atoms with Gasteiger partial charge in [0, 0.05) is 36.7 Å². The number of fused-ring (bicyclic) bond motifs is 3. The maximum absolute atomic E-state index is 12.6. The van der Waals surface area contributed by atoms with E-state index in [2.05, 4.69) is 10.2 Å². The highest BCUT2D eigenvalue weighted by Crippen LogP contribution is 2.39. The molecule has 1 saturated heterocycles. The lowest BCUT2D eigenvalue weighted by Crippen LogP contribution is -2.50. The summed E-state index contributed by atoms with van der Waals surface area (Å²) in [4.78, 5) is 29.0. The molecule has 3 heterocycles. The van der Waals surface area contributed by atoms with Crippen LogP contribution in [0.15, 0.2) is 30.3 Å². The number of benzene rings is 1. The lowest BCUT2D eigenvalue weighted by molar-refractivity contribution is 0.208. The first kappa shape index (κ1) is 18.4. The monoisotopic (exact) mass is 407 g/mol. The molecule has 0 radical (unpaired) electrons. The van der Waals surface area contributed by atoms with Crippen LogP contribution < -0.4 is 10.2 Å². The summed E-state index contributed by atoms with van der Waals surface area (Å²) >= 11 is 1.85. The summed E-state index contributed by atoms with van der Waals surface area (Å²) in [6.45, 7) is 4.94. The number of hydrogen-bond acceptors (Lipinski definition) is 5. The molecule has 3 aromatic rings. The van der Waals surface area contributed by atoms with Gasteiger partial charge in [-0.05, 0) is 50.3 Å². The zero-order chi connectivity index (χ0) is 19.8. The molecule has 0 atom stereocenters. The second-order valence-corrected chi connectivity index (χ2v) is 8.84. The number of carbonyl (C=O) groups is 1. The predicted molar refractivity (Wildman–Crippen MR) is 118 cm³/mol. The Balaban J connectivity index is 1.35. The van der Waals surface area contributed by atoms with E-state index in [1.165, 1.54) is 35.1 Å². The molecule has 2 amide bonds. The maximum Gasteiger partial charge on any atom is 0.321 e. The molecular formula is C22H25N5OS. The van der Waals surface area contributed by atoms with Gasteiger partial charge in [0.1, 0.15) is 16.5 Å². The molecule has 0 bridgehead atoms. The minimum absolute atomic E-state index is 0.0345. The topological polar surface area (TPSA) is 61.4 Å². The Morgan fingerprint density at radius 1 is 1.03 bits per heavy atom. The number of nitrogens with one attached hydrogen (secondary N) is 1. The summed E-state index contributed by atoms with van der Waals surface area (Å²) in [5.41, 5.74) is 2.30. The summed E-state index contributed by atoms with van der Waals surface area (Å²) in [5.74, 6) is 1.89. The van der Waals surface area contributed by atoms with Gasteiger partial charge in [-0.15, -0.1) is 11.3 Å². The minimum atomic E-state index is -0.0345. The molecule has 0 saturated carbocycles. The number of anilines is 2. The van der Waals surface area contributed by atoms with Crippen molar-refractivity contribution in [3.63, 3.8) is 0 Å². The molecule has 5 rings (SSSR count). The molecule has 1 fully saturated rings. The van der Waals surface area contributed by atoms with E-state index < -0.39 is 0 Å². The highest BCUT2D eigenvalue weighted by molar-refractivity contribution is 7.19. The van der Waals surface area contributed by atoms with Crippen LogP contribution in [0.4, 0.5) is 16.3 Å². The third-order valence-corrected chi connectivity index (χ3v) is 6.98. The summed E-state index contributed by atoms with van der Waals surface area (Å²) < 4.78 is 0. The number of piperazine rings is 1. The third kappa shape index (κ3) is 3.55. The van der Waals surface area contributed by atoms with Gasteiger partial charge in [0.15, 0.2) is 0 Å². The molecule has 0 unspecified atom stereocenters. The number of amides is 2. The Bertz CT molecular complexity index is 1040. The first-order valence-corrected chi connectivity index (χ1v) is 11.2. The van der Waals surface area contributed by atoms with Crippen molar-refractivity contribution in [1.82, 2.24) is 14.9 Å². The van der Waals surface area contributed by atoms with Gasteiger partial charge >= 0.3 is 6.03 Å². The van der Waals surface area contributed by atoms with E-state index >= 15 is 0 Å². The van der Waals surface area contributed by atoms with Crippen molar-refractivity contribution < 1.29 is 4.79 Å². The number of rotatable bonds is 2. The van der Waals surface area contributed by atoms with Crippen LogP contribution in [0, 0.1) is 6.92 Å². The van der Waals surface area contributed by atoms with E-state index in [9.17, 15) is 4.79 Å². The zero-order valence-corrected chi connectivity index (χ0v) is 17.5. The number of aromatic nitrogens is 2. The van der Waals surface area contributed by atoms with Crippen LogP contribution in [-0.4, -0.2) is 47.1 Å². The van der Waals surface area contributed by atoms with Gasteiger partial charge in [-0.1, -0.05) is 18.2 Å². The number of carbonyl (C=O) groups excluding carboxylic acids is 1. The minimum Gasteiger partial charge on any atom is -0.352 e. The largest absolute Gasteiger partial charge is 0.352 e. The zero-order valence-electron chi connectivity index (χ0n) is 16.6. The molecule has 150 valence electrons. The van der Waals surface area contributed by atoms with Crippen LogP contribution in [0.3, 0.4) is 0 Å². The lowest BCUT2D eigenvalue weighted by atomic mass is 9.97. The van der Waals surface area contributed by atoms with Crippen molar-refractivity contribution in [3.8, 4) is 0 Å². The van der Waals surface area contributed by atoms with Crippen LogP contribution >= 0.6 is 11.3 Å². The average Bonchev–Trinajstić information content (AvgIpc) is 3.12. The molecule has 6 nitrogen and oxygen atoms in total. The summed E-state index contributed by atoms with van der Waals surface area (Å²) in [6.07, 6.45) is 4.83. The first-order chi connectivity index (χ1) is 14.2. The Morgan fingerprint density at radius 3 is 2.59 bits per heavy atom. The van der Waals surface area contributed by atoms with Crippen molar-refractivity contribution >= 4 is 39.1 Å². The van der Waals surface area contributed by atoms with E-state index in [0.29, 0.717) is 13.1 Å². The molecule has 2 aromatic heterocycles. The van der Waals surface area contributed by atoms with Crippen LogP contribution in [-0.2, 0) is 12.8 Å². The fourth-order valence-electron chi connectivity index (χ4n) is 4.32. The van der Waals surface area contributed by atoms with Gasteiger partial charge in [0.25, 0.3) is 0 Å². The van der Waals surface area contributed by atoms with Crippen molar-refractivity contribution in [1.29, 1.82) is 0 Å². The van der Waals surface area contributed by atoms with Crippen LogP contribution in [0.25, 0.3) is 10.2 Å². The highest BCUT2D eigenvalue weighted by Gasteiger charge is 2.27. The number of aryl methyl sites for hydroxylation is 3. The van der Waals surface area contributed by atoms with Crippen LogP contribution in [0.5, 0.6) is 0 Å². The number of urea groups is 1.